The lowest BCUT2D eigenvalue weighted by atomic mass is 9.74. The van der Waals surface area contributed by atoms with E-state index in [1.807, 2.05) is 36.4 Å². The number of carbonyl (C=O) groups is 2. The summed E-state index contributed by atoms with van der Waals surface area (Å²) in [7, 11) is 0. The van der Waals surface area contributed by atoms with Gasteiger partial charge in [-0.05, 0) is 30.3 Å². The summed E-state index contributed by atoms with van der Waals surface area (Å²) < 4.78 is 0. The fraction of sp³-hybridized carbons (Fsp3) is 0.381. The third-order valence-electron chi connectivity index (χ3n) is 4.79. The minimum atomic E-state index is -0.120. The van der Waals surface area contributed by atoms with Crippen molar-refractivity contribution in [2.45, 2.75) is 33.1 Å². The average Bonchev–Trinajstić information content (AvgIpc) is 2.64. The first-order chi connectivity index (χ1) is 13.0. The molecule has 0 spiro atoms. The van der Waals surface area contributed by atoms with Gasteiger partial charge in [-0.3, -0.25) is 9.59 Å². The van der Waals surface area contributed by atoms with Gasteiger partial charge in [0.15, 0.2) is 0 Å². The van der Waals surface area contributed by atoms with Crippen LogP contribution in [0.1, 0.15) is 38.7 Å². The zero-order chi connectivity index (χ0) is 19.7. The van der Waals surface area contributed by atoms with Gasteiger partial charge in [0.1, 0.15) is 0 Å². The molecule has 144 valence electrons. The van der Waals surface area contributed by atoms with Crippen molar-refractivity contribution in [1.29, 1.82) is 0 Å². The molecule has 0 bridgehead atoms. The molecule has 0 heterocycles. The maximum Gasteiger partial charge on any atom is 0.216 e. The van der Waals surface area contributed by atoms with E-state index in [2.05, 4.69) is 27.9 Å². The molecule has 0 saturated heterocycles. The molecule has 6 nitrogen and oxygen atoms in total. The minimum absolute atomic E-state index is 0.0374. The summed E-state index contributed by atoms with van der Waals surface area (Å²) in [5, 5.41) is 9.71. The van der Waals surface area contributed by atoms with Crippen LogP contribution in [0, 0.1) is 5.41 Å². The van der Waals surface area contributed by atoms with Crippen molar-refractivity contribution < 1.29 is 9.59 Å². The van der Waals surface area contributed by atoms with Gasteiger partial charge in [-0.1, -0.05) is 48.6 Å². The quantitative estimate of drug-likeness (QED) is 0.373. The van der Waals surface area contributed by atoms with E-state index in [9.17, 15) is 9.59 Å². The van der Waals surface area contributed by atoms with E-state index in [4.69, 9.17) is 5.84 Å². The molecule has 0 aromatic heterocycles. The van der Waals surface area contributed by atoms with Gasteiger partial charge >= 0.3 is 0 Å². The van der Waals surface area contributed by atoms with Gasteiger partial charge in [-0.25, -0.2) is 0 Å². The summed E-state index contributed by atoms with van der Waals surface area (Å²) in [6.07, 6.45) is 8.74. The molecule has 27 heavy (non-hydrogen) atoms. The summed E-state index contributed by atoms with van der Waals surface area (Å²) in [4.78, 5) is 22.4. The first-order valence-electron chi connectivity index (χ1n) is 9.18. The summed E-state index contributed by atoms with van der Waals surface area (Å²) in [5.41, 5.74) is 2.59. The van der Waals surface area contributed by atoms with E-state index in [1.54, 1.807) is 0 Å². The maximum atomic E-state index is 11.2. The molecule has 0 unspecified atom stereocenters. The lowest BCUT2D eigenvalue weighted by molar-refractivity contribution is -0.119. The standard InChI is InChI=1S/C21H28N4O2/c1-16(26)23-14-12-21(13-15-24-17(2)27)10-8-19(9-11-21)20(25-22)18-6-4-3-5-7-18/h3-10H,11-15,22H2,1-2H3,(H,23,26)(H,24,27). The number of carbonyl (C=O) groups excluding carboxylic acids is 2. The number of hydrogen-bond donors (Lipinski definition) is 3. The molecule has 2 rings (SSSR count). The zero-order valence-electron chi connectivity index (χ0n) is 16.0. The number of amides is 2. The largest absolute Gasteiger partial charge is 0.356 e. The van der Waals surface area contributed by atoms with Crippen molar-refractivity contribution in [3.63, 3.8) is 0 Å². The Balaban J connectivity index is 2.13. The van der Waals surface area contributed by atoms with Crippen LogP contribution in [0.5, 0.6) is 0 Å². The van der Waals surface area contributed by atoms with Gasteiger partial charge < -0.3 is 16.5 Å². The van der Waals surface area contributed by atoms with Gasteiger partial charge in [-0.2, -0.15) is 5.10 Å². The minimum Gasteiger partial charge on any atom is -0.356 e. The van der Waals surface area contributed by atoms with Crippen LogP contribution in [0.15, 0.2) is 59.2 Å². The number of hydrazone groups is 1. The second-order valence-corrected chi connectivity index (χ2v) is 6.87. The van der Waals surface area contributed by atoms with Crippen LogP contribution in [0.4, 0.5) is 0 Å². The van der Waals surface area contributed by atoms with Crippen LogP contribution in [0.2, 0.25) is 0 Å². The van der Waals surface area contributed by atoms with E-state index >= 15 is 0 Å². The van der Waals surface area contributed by atoms with E-state index < -0.39 is 0 Å². The normalized spacial score (nSPS) is 15.8. The Morgan fingerprint density at radius 3 is 2.11 bits per heavy atom. The molecule has 0 radical (unpaired) electrons. The summed E-state index contributed by atoms with van der Waals surface area (Å²) in [5.74, 6) is 5.57. The molecule has 1 aromatic carbocycles. The van der Waals surface area contributed by atoms with Gasteiger partial charge in [0.25, 0.3) is 0 Å². The highest BCUT2D eigenvalue weighted by molar-refractivity contribution is 6.14. The number of nitrogens with one attached hydrogen (secondary N) is 2. The first kappa shape index (κ1) is 20.4. The fourth-order valence-electron chi connectivity index (χ4n) is 3.27. The summed E-state index contributed by atoms with van der Waals surface area (Å²) >= 11 is 0. The van der Waals surface area contributed by atoms with Crippen molar-refractivity contribution in [1.82, 2.24) is 10.6 Å². The van der Waals surface area contributed by atoms with Crippen molar-refractivity contribution >= 4 is 17.5 Å². The highest BCUT2D eigenvalue weighted by atomic mass is 16.2. The highest BCUT2D eigenvalue weighted by Crippen LogP contribution is 2.37. The molecule has 6 heteroatoms. The molecule has 1 aliphatic rings. The van der Waals surface area contributed by atoms with E-state index in [1.165, 1.54) is 13.8 Å². The summed E-state index contributed by atoms with van der Waals surface area (Å²) in [6.45, 7) is 4.23. The van der Waals surface area contributed by atoms with Crippen molar-refractivity contribution in [3.05, 3.63) is 59.7 Å². The molecule has 1 aliphatic carbocycles. The number of nitrogens with two attached hydrogens (primary N) is 1. The van der Waals surface area contributed by atoms with E-state index in [0.717, 1.165) is 36.1 Å². The van der Waals surface area contributed by atoms with Crippen LogP contribution in [-0.4, -0.2) is 30.6 Å². The lowest BCUT2D eigenvalue weighted by Gasteiger charge is -2.33. The van der Waals surface area contributed by atoms with Crippen LogP contribution < -0.4 is 16.5 Å². The molecule has 0 aliphatic heterocycles. The highest BCUT2D eigenvalue weighted by Gasteiger charge is 2.29. The van der Waals surface area contributed by atoms with Crippen LogP contribution >= 0.6 is 0 Å². The molecule has 0 atom stereocenters. The van der Waals surface area contributed by atoms with Crippen molar-refractivity contribution in [2.75, 3.05) is 13.1 Å². The van der Waals surface area contributed by atoms with Crippen molar-refractivity contribution in [3.8, 4) is 0 Å². The van der Waals surface area contributed by atoms with Crippen LogP contribution in [0.25, 0.3) is 0 Å². The topological polar surface area (TPSA) is 96.6 Å². The molecular weight excluding hydrogens is 340 g/mol. The number of nitrogens with zero attached hydrogens (tertiary/aromatic N) is 1. The molecule has 1 aromatic rings. The molecular formula is C21H28N4O2. The second kappa shape index (κ2) is 9.71. The Bertz CT molecular complexity index is 731. The van der Waals surface area contributed by atoms with E-state index in [0.29, 0.717) is 13.1 Å². The van der Waals surface area contributed by atoms with Gasteiger partial charge in [0.05, 0.1) is 5.71 Å². The third-order valence-corrected chi connectivity index (χ3v) is 4.79. The Morgan fingerprint density at radius 1 is 1.07 bits per heavy atom. The fourth-order valence-corrected chi connectivity index (χ4v) is 3.27. The second-order valence-electron chi connectivity index (χ2n) is 6.87. The third kappa shape index (κ3) is 6.09. The molecule has 0 fully saturated rings. The Labute approximate surface area is 160 Å². The number of allylic oxidation sites excluding steroid dienone is 4. The summed E-state index contributed by atoms with van der Waals surface area (Å²) in [6, 6.07) is 9.83. The monoisotopic (exact) mass is 368 g/mol. The predicted octanol–water partition coefficient (Wildman–Crippen LogP) is 2.27. The number of rotatable bonds is 8. The Hall–Kier alpha value is -2.89. The van der Waals surface area contributed by atoms with Crippen LogP contribution in [-0.2, 0) is 9.59 Å². The molecule has 4 N–H and O–H groups in total. The molecule has 2 amide bonds. The van der Waals surface area contributed by atoms with Crippen LogP contribution in [0.3, 0.4) is 0 Å². The number of benzene rings is 1. The van der Waals surface area contributed by atoms with Gasteiger partial charge in [0, 0.05) is 32.5 Å². The SMILES string of the molecule is CC(=O)NCCC1(CCNC(C)=O)C=CC(C(=NN)c2ccccc2)=CC1. The van der Waals surface area contributed by atoms with Gasteiger partial charge in [-0.15, -0.1) is 0 Å². The Morgan fingerprint density at radius 2 is 1.67 bits per heavy atom. The molecule has 0 saturated carbocycles. The van der Waals surface area contributed by atoms with Crippen molar-refractivity contribution in [2.24, 2.45) is 16.4 Å². The smallest absolute Gasteiger partial charge is 0.216 e. The van der Waals surface area contributed by atoms with E-state index in [-0.39, 0.29) is 17.2 Å². The maximum absolute atomic E-state index is 11.2. The average molecular weight is 368 g/mol. The Kier molecular flexibility index (Phi) is 7.34. The zero-order valence-corrected chi connectivity index (χ0v) is 16.0. The number of hydrogen-bond acceptors (Lipinski definition) is 4. The first-order valence-corrected chi connectivity index (χ1v) is 9.18. The predicted molar refractivity (Wildman–Crippen MR) is 108 cm³/mol. The van der Waals surface area contributed by atoms with Gasteiger partial charge in [0.2, 0.25) is 11.8 Å². The lowest BCUT2D eigenvalue weighted by Crippen LogP contribution is -2.33.